The molecule has 0 spiro atoms. The first-order chi connectivity index (χ1) is 9.07. The predicted molar refractivity (Wildman–Crippen MR) is 80.5 cm³/mol. The van der Waals surface area contributed by atoms with E-state index in [0.717, 1.165) is 30.6 Å². The summed E-state index contributed by atoms with van der Waals surface area (Å²) in [5, 5.41) is 0. The normalized spacial score (nSPS) is 16.2. The summed E-state index contributed by atoms with van der Waals surface area (Å²) in [6.45, 7) is 3.31. The molecule has 1 heterocycles. The maximum absolute atomic E-state index is 12.6. The standard InChI is InChI=1S/C13H20ClNO2S2/c1-2-9-15(10-11-3-4-11)19(16,17)13-6-5-12(18-13)7-8-14/h5-6,11H,2-4,7-10H2,1H3. The van der Waals surface area contributed by atoms with E-state index in [4.69, 9.17) is 11.6 Å². The minimum Gasteiger partial charge on any atom is -0.206 e. The van der Waals surface area contributed by atoms with E-state index in [0.29, 0.717) is 29.1 Å². The number of halogens is 1. The van der Waals surface area contributed by atoms with Gasteiger partial charge in [0.05, 0.1) is 0 Å². The summed E-state index contributed by atoms with van der Waals surface area (Å²) in [7, 11) is -3.31. The van der Waals surface area contributed by atoms with Crippen molar-refractivity contribution in [1.29, 1.82) is 0 Å². The minimum atomic E-state index is -3.31. The summed E-state index contributed by atoms with van der Waals surface area (Å²) < 4.78 is 27.3. The third kappa shape index (κ3) is 3.94. The lowest BCUT2D eigenvalue weighted by atomic mass is 10.4. The lowest BCUT2D eigenvalue weighted by Crippen LogP contribution is -2.33. The molecule has 0 aliphatic heterocycles. The van der Waals surface area contributed by atoms with Crippen molar-refractivity contribution in [2.24, 2.45) is 5.92 Å². The van der Waals surface area contributed by atoms with Gasteiger partial charge in [0.1, 0.15) is 4.21 Å². The van der Waals surface area contributed by atoms with Gasteiger partial charge >= 0.3 is 0 Å². The van der Waals surface area contributed by atoms with Crippen LogP contribution in [0.3, 0.4) is 0 Å². The van der Waals surface area contributed by atoms with Gasteiger partial charge in [0.25, 0.3) is 10.0 Å². The number of nitrogens with zero attached hydrogens (tertiary/aromatic N) is 1. The molecule has 0 saturated heterocycles. The van der Waals surface area contributed by atoms with Crippen LogP contribution in [0.2, 0.25) is 0 Å². The highest BCUT2D eigenvalue weighted by molar-refractivity contribution is 7.91. The van der Waals surface area contributed by atoms with Crippen molar-refractivity contribution in [2.45, 2.75) is 36.8 Å². The molecule has 19 heavy (non-hydrogen) atoms. The van der Waals surface area contributed by atoms with Crippen LogP contribution in [0.1, 0.15) is 31.1 Å². The number of alkyl halides is 1. The van der Waals surface area contributed by atoms with Gasteiger partial charge in [0.2, 0.25) is 0 Å². The summed E-state index contributed by atoms with van der Waals surface area (Å²) in [5.74, 6) is 1.10. The van der Waals surface area contributed by atoms with Crippen molar-refractivity contribution in [2.75, 3.05) is 19.0 Å². The van der Waals surface area contributed by atoms with Gasteiger partial charge in [-0.3, -0.25) is 0 Å². The van der Waals surface area contributed by atoms with Crippen molar-refractivity contribution in [3.05, 3.63) is 17.0 Å². The molecule has 1 fully saturated rings. The van der Waals surface area contributed by atoms with Crippen molar-refractivity contribution in [1.82, 2.24) is 4.31 Å². The predicted octanol–water partition coefficient (Wildman–Crippen LogP) is 3.34. The van der Waals surface area contributed by atoms with Crippen LogP contribution in [0.4, 0.5) is 0 Å². The molecule has 108 valence electrons. The highest BCUT2D eigenvalue weighted by Crippen LogP contribution is 2.33. The van der Waals surface area contributed by atoms with Gasteiger partial charge in [0.15, 0.2) is 0 Å². The molecule has 1 saturated carbocycles. The molecular formula is C13H20ClNO2S2. The molecule has 0 amide bonds. The second-order valence-corrected chi connectivity index (χ2v) is 8.68. The summed E-state index contributed by atoms with van der Waals surface area (Å²) in [6, 6.07) is 3.60. The monoisotopic (exact) mass is 321 g/mol. The van der Waals surface area contributed by atoms with Crippen molar-refractivity contribution < 1.29 is 8.42 Å². The third-order valence-electron chi connectivity index (χ3n) is 3.20. The molecule has 0 bridgehead atoms. The van der Waals surface area contributed by atoms with E-state index in [2.05, 4.69) is 0 Å². The van der Waals surface area contributed by atoms with Crippen molar-refractivity contribution >= 4 is 33.0 Å². The Hall–Kier alpha value is -0.100. The first kappa shape index (κ1) is 15.3. The first-order valence-corrected chi connectivity index (χ1v) is 9.52. The Labute approximate surface area is 124 Å². The van der Waals surface area contributed by atoms with E-state index in [1.807, 2.05) is 13.0 Å². The van der Waals surface area contributed by atoms with Crippen LogP contribution in [-0.4, -0.2) is 31.7 Å². The SMILES string of the molecule is CCCN(CC1CC1)S(=O)(=O)c1ccc(CCCl)s1. The summed E-state index contributed by atoms with van der Waals surface area (Å²) in [4.78, 5) is 1.04. The van der Waals surface area contributed by atoms with Gasteiger partial charge in [-0.1, -0.05) is 6.92 Å². The molecule has 1 aliphatic rings. The molecule has 0 atom stereocenters. The summed E-state index contributed by atoms with van der Waals surface area (Å²) in [6.07, 6.45) is 3.92. The Bertz CT molecular complexity index is 508. The number of sulfonamides is 1. The quantitative estimate of drug-likeness (QED) is 0.689. The fourth-order valence-corrected chi connectivity index (χ4v) is 5.43. The largest absolute Gasteiger partial charge is 0.252 e. The van der Waals surface area contributed by atoms with E-state index in [-0.39, 0.29) is 0 Å². The van der Waals surface area contributed by atoms with Crippen LogP contribution in [-0.2, 0) is 16.4 Å². The van der Waals surface area contributed by atoms with E-state index < -0.39 is 10.0 Å². The van der Waals surface area contributed by atoms with Crippen LogP contribution in [0, 0.1) is 5.92 Å². The highest BCUT2D eigenvalue weighted by Gasteiger charge is 2.31. The van der Waals surface area contributed by atoms with Gasteiger partial charge < -0.3 is 0 Å². The average molecular weight is 322 g/mol. The van der Waals surface area contributed by atoms with Crippen LogP contribution in [0.5, 0.6) is 0 Å². The zero-order valence-corrected chi connectivity index (χ0v) is 13.5. The molecule has 0 unspecified atom stereocenters. The molecular weight excluding hydrogens is 302 g/mol. The van der Waals surface area contributed by atoms with Gasteiger partial charge in [0, 0.05) is 23.8 Å². The molecule has 0 radical (unpaired) electrons. The first-order valence-electron chi connectivity index (χ1n) is 6.72. The molecule has 1 aromatic heterocycles. The average Bonchev–Trinajstić information content (AvgIpc) is 3.05. The van der Waals surface area contributed by atoms with Crippen LogP contribution < -0.4 is 0 Å². The zero-order valence-electron chi connectivity index (χ0n) is 11.1. The molecule has 1 aromatic rings. The third-order valence-corrected chi connectivity index (χ3v) is 6.87. The number of hydrogen-bond acceptors (Lipinski definition) is 3. The number of aryl methyl sites for hydroxylation is 1. The van der Waals surface area contributed by atoms with Crippen LogP contribution in [0.15, 0.2) is 16.3 Å². The second-order valence-electron chi connectivity index (χ2n) is 4.97. The number of hydrogen-bond donors (Lipinski definition) is 0. The van der Waals surface area contributed by atoms with E-state index in [1.165, 1.54) is 11.3 Å². The minimum absolute atomic E-state index is 0.460. The van der Waals surface area contributed by atoms with Crippen LogP contribution >= 0.6 is 22.9 Å². The van der Waals surface area contributed by atoms with E-state index in [1.54, 1.807) is 10.4 Å². The zero-order chi connectivity index (χ0) is 13.9. The van der Waals surface area contributed by atoms with Crippen molar-refractivity contribution in [3.8, 4) is 0 Å². The summed E-state index contributed by atoms with van der Waals surface area (Å²) >= 11 is 7.05. The maximum Gasteiger partial charge on any atom is 0.252 e. The Balaban J connectivity index is 2.16. The Morgan fingerprint density at radius 1 is 1.42 bits per heavy atom. The highest BCUT2D eigenvalue weighted by atomic mass is 35.5. The lowest BCUT2D eigenvalue weighted by molar-refractivity contribution is 0.397. The molecule has 0 aromatic carbocycles. The molecule has 2 rings (SSSR count). The molecule has 3 nitrogen and oxygen atoms in total. The Morgan fingerprint density at radius 3 is 2.74 bits per heavy atom. The van der Waals surface area contributed by atoms with Gasteiger partial charge in [-0.2, -0.15) is 4.31 Å². The Morgan fingerprint density at radius 2 is 2.16 bits per heavy atom. The lowest BCUT2D eigenvalue weighted by Gasteiger charge is -2.20. The van der Waals surface area contributed by atoms with Gasteiger partial charge in [-0.25, -0.2) is 8.42 Å². The molecule has 6 heteroatoms. The smallest absolute Gasteiger partial charge is 0.206 e. The summed E-state index contributed by atoms with van der Waals surface area (Å²) in [5.41, 5.74) is 0. The van der Waals surface area contributed by atoms with Gasteiger partial charge in [-0.05, 0) is 43.7 Å². The van der Waals surface area contributed by atoms with E-state index >= 15 is 0 Å². The number of rotatable bonds is 8. The van der Waals surface area contributed by atoms with Crippen molar-refractivity contribution in [3.63, 3.8) is 0 Å². The fraction of sp³-hybridized carbons (Fsp3) is 0.692. The number of thiophene rings is 1. The van der Waals surface area contributed by atoms with E-state index in [9.17, 15) is 8.42 Å². The maximum atomic E-state index is 12.6. The van der Waals surface area contributed by atoms with Crippen LogP contribution in [0.25, 0.3) is 0 Å². The fourth-order valence-electron chi connectivity index (χ4n) is 2.00. The Kier molecular flexibility index (Phi) is 5.29. The second kappa shape index (κ2) is 6.57. The molecule has 0 N–H and O–H groups in total. The topological polar surface area (TPSA) is 37.4 Å². The van der Waals surface area contributed by atoms with Gasteiger partial charge in [-0.15, -0.1) is 22.9 Å². The molecule has 1 aliphatic carbocycles.